The summed E-state index contributed by atoms with van der Waals surface area (Å²) >= 11 is 0. The van der Waals surface area contributed by atoms with Crippen LogP contribution in [-0.4, -0.2) is 48.6 Å². The largest absolute Gasteiger partial charge is 0.496 e. The van der Waals surface area contributed by atoms with Crippen LogP contribution in [0.3, 0.4) is 0 Å². The van der Waals surface area contributed by atoms with Crippen LogP contribution in [-0.2, 0) is 11.3 Å². The van der Waals surface area contributed by atoms with Gasteiger partial charge in [0.05, 0.1) is 19.2 Å². The summed E-state index contributed by atoms with van der Waals surface area (Å²) in [5, 5.41) is 11.7. The van der Waals surface area contributed by atoms with E-state index in [4.69, 9.17) is 9.84 Å². The van der Waals surface area contributed by atoms with Gasteiger partial charge in [0.1, 0.15) is 5.75 Å². The van der Waals surface area contributed by atoms with E-state index in [0.717, 1.165) is 12.1 Å². The van der Waals surface area contributed by atoms with Gasteiger partial charge in [0.2, 0.25) is 5.91 Å². The Labute approximate surface area is 111 Å². The molecule has 1 amide bonds. The third kappa shape index (κ3) is 3.23. The van der Waals surface area contributed by atoms with Gasteiger partial charge >= 0.3 is 5.97 Å². The van der Waals surface area contributed by atoms with Gasteiger partial charge in [-0.3, -0.25) is 9.69 Å². The Bertz CT molecular complexity index is 501. The normalized spacial score (nSPS) is 15.9. The molecule has 1 saturated heterocycles. The molecular weight excluding hydrogens is 248 g/mol. The van der Waals surface area contributed by atoms with Gasteiger partial charge in [-0.05, 0) is 12.1 Å². The van der Waals surface area contributed by atoms with E-state index in [2.05, 4.69) is 5.32 Å². The van der Waals surface area contributed by atoms with Crippen molar-refractivity contribution in [3.63, 3.8) is 0 Å². The number of nitrogens with one attached hydrogen (secondary N) is 1. The first kappa shape index (κ1) is 13.4. The maximum Gasteiger partial charge on any atom is 0.335 e. The molecule has 102 valence electrons. The van der Waals surface area contributed by atoms with E-state index in [1.54, 1.807) is 12.1 Å². The number of carbonyl (C=O) groups is 2. The Kier molecular flexibility index (Phi) is 4.01. The van der Waals surface area contributed by atoms with Crippen LogP contribution in [0.25, 0.3) is 0 Å². The zero-order valence-corrected chi connectivity index (χ0v) is 10.7. The van der Waals surface area contributed by atoms with Crippen LogP contribution >= 0.6 is 0 Å². The highest BCUT2D eigenvalue weighted by Crippen LogP contribution is 2.22. The van der Waals surface area contributed by atoms with Gasteiger partial charge < -0.3 is 15.2 Å². The molecule has 19 heavy (non-hydrogen) atoms. The smallest absolute Gasteiger partial charge is 0.335 e. The fourth-order valence-electron chi connectivity index (χ4n) is 2.08. The highest BCUT2D eigenvalue weighted by atomic mass is 16.5. The van der Waals surface area contributed by atoms with Crippen LogP contribution in [0.15, 0.2) is 18.2 Å². The van der Waals surface area contributed by atoms with Crippen molar-refractivity contribution in [3.8, 4) is 5.75 Å². The average molecular weight is 264 g/mol. The molecule has 1 aliphatic heterocycles. The number of carboxylic acids is 1. The number of rotatable bonds is 4. The number of carbonyl (C=O) groups excluding carboxylic acids is 1. The van der Waals surface area contributed by atoms with Crippen molar-refractivity contribution in [1.82, 2.24) is 10.2 Å². The minimum atomic E-state index is -0.984. The second-order valence-corrected chi connectivity index (χ2v) is 4.39. The summed E-state index contributed by atoms with van der Waals surface area (Å²) in [5.41, 5.74) is 1.07. The topological polar surface area (TPSA) is 78.9 Å². The van der Waals surface area contributed by atoms with E-state index in [1.165, 1.54) is 13.2 Å². The number of methoxy groups -OCH3 is 1. The molecule has 0 unspecified atom stereocenters. The predicted molar refractivity (Wildman–Crippen MR) is 68.2 cm³/mol. The molecule has 1 aromatic carbocycles. The second kappa shape index (κ2) is 5.71. The van der Waals surface area contributed by atoms with Gasteiger partial charge in [0, 0.05) is 25.2 Å². The molecule has 0 saturated carbocycles. The van der Waals surface area contributed by atoms with E-state index < -0.39 is 5.97 Å². The molecule has 1 aromatic rings. The number of ether oxygens (including phenoxy) is 1. The highest BCUT2D eigenvalue weighted by Gasteiger charge is 2.18. The third-order valence-corrected chi connectivity index (χ3v) is 3.05. The number of amides is 1. The van der Waals surface area contributed by atoms with Crippen LogP contribution in [0.5, 0.6) is 5.75 Å². The molecule has 1 heterocycles. The van der Waals surface area contributed by atoms with E-state index >= 15 is 0 Å². The van der Waals surface area contributed by atoms with Crippen molar-refractivity contribution in [3.05, 3.63) is 29.3 Å². The minimum Gasteiger partial charge on any atom is -0.496 e. The van der Waals surface area contributed by atoms with Gasteiger partial charge in [-0.25, -0.2) is 4.79 Å². The summed E-state index contributed by atoms with van der Waals surface area (Å²) in [7, 11) is 1.51. The van der Waals surface area contributed by atoms with E-state index in [-0.39, 0.29) is 11.5 Å². The van der Waals surface area contributed by atoms with Crippen LogP contribution in [0.2, 0.25) is 0 Å². The molecule has 0 aliphatic carbocycles. The summed E-state index contributed by atoms with van der Waals surface area (Å²) in [6.07, 6.45) is 0. The maximum atomic E-state index is 11.3. The summed E-state index contributed by atoms with van der Waals surface area (Å²) in [5.74, 6) is -0.444. The Morgan fingerprint density at radius 3 is 2.95 bits per heavy atom. The maximum absolute atomic E-state index is 11.3. The fourth-order valence-corrected chi connectivity index (χ4v) is 2.08. The lowest BCUT2D eigenvalue weighted by Crippen LogP contribution is -2.47. The number of aromatic carboxylic acids is 1. The highest BCUT2D eigenvalue weighted by molar-refractivity contribution is 5.88. The number of nitrogens with zero attached hydrogens (tertiary/aromatic N) is 1. The zero-order chi connectivity index (χ0) is 13.8. The van der Waals surface area contributed by atoms with Gasteiger partial charge in [-0.15, -0.1) is 0 Å². The van der Waals surface area contributed by atoms with E-state index in [1.807, 2.05) is 4.90 Å². The summed E-state index contributed by atoms with van der Waals surface area (Å²) in [4.78, 5) is 24.2. The summed E-state index contributed by atoms with van der Waals surface area (Å²) in [6, 6.07) is 4.78. The molecular formula is C13H16N2O4. The quantitative estimate of drug-likeness (QED) is 0.819. The minimum absolute atomic E-state index is 0.00683. The molecule has 0 aromatic heterocycles. The first-order valence-corrected chi connectivity index (χ1v) is 5.99. The predicted octanol–water partition coefficient (Wildman–Crippen LogP) is 0.325. The third-order valence-electron chi connectivity index (χ3n) is 3.05. The zero-order valence-electron chi connectivity index (χ0n) is 10.7. The first-order chi connectivity index (χ1) is 9.10. The molecule has 0 bridgehead atoms. The average Bonchev–Trinajstić information content (AvgIpc) is 2.39. The fraction of sp³-hybridized carbons (Fsp3) is 0.385. The van der Waals surface area contributed by atoms with Crippen molar-refractivity contribution in [2.45, 2.75) is 6.54 Å². The Balaban J connectivity index is 2.15. The Morgan fingerprint density at radius 2 is 2.32 bits per heavy atom. The van der Waals surface area contributed by atoms with Gasteiger partial charge in [-0.2, -0.15) is 0 Å². The Morgan fingerprint density at radius 1 is 1.53 bits per heavy atom. The standard InChI is InChI=1S/C13H16N2O4/c1-19-11-6-9(13(17)18)2-3-10(11)7-15-5-4-14-12(16)8-15/h2-3,6H,4-5,7-8H2,1H3,(H,14,16)(H,17,18). The van der Waals surface area contributed by atoms with Crippen molar-refractivity contribution in [2.24, 2.45) is 0 Å². The molecule has 2 N–H and O–H groups in total. The molecule has 0 radical (unpaired) electrons. The van der Waals surface area contributed by atoms with Gasteiger partial charge in [0.25, 0.3) is 0 Å². The molecule has 6 heteroatoms. The summed E-state index contributed by atoms with van der Waals surface area (Å²) in [6.45, 7) is 2.32. The Hall–Kier alpha value is -2.08. The lowest BCUT2D eigenvalue weighted by molar-refractivity contribution is -0.124. The van der Waals surface area contributed by atoms with Crippen molar-refractivity contribution in [2.75, 3.05) is 26.7 Å². The second-order valence-electron chi connectivity index (χ2n) is 4.39. The van der Waals surface area contributed by atoms with Gasteiger partial charge in [-0.1, -0.05) is 6.07 Å². The number of carboxylic acid groups (broad SMARTS) is 1. The van der Waals surface area contributed by atoms with Crippen molar-refractivity contribution >= 4 is 11.9 Å². The van der Waals surface area contributed by atoms with Crippen LogP contribution < -0.4 is 10.1 Å². The molecule has 0 spiro atoms. The number of benzene rings is 1. The van der Waals surface area contributed by atoms with Crippen LogP contribution in [0, 0.1) is 0 Å². The van der Waals surface area contributed by atoms with Crippen LogP contribution in [0.1, 0.15) is 15.9 Å². The van der Waals surface area contributed by atoms with Crippen molar-refractivity contribution < 1.29 is 19.4 Å². The van der Waals surface area contributed by atoms with E-state index in [9.17, 15) is 9.59 Å². The molecule has 0 atom stereocenters. The number of hydrogen-bond donors (Lipinski definition) is 2. The molecule has 1 fully saturated rings. The molecule has 6 nitrogen and oxygen atoms in total. The van der Waals surface area contributed by atoms with E-state index in [0.29, 0.717) is 25.4 Å². The van der Waals surface area contributed by atoms with Crippen LogP contribution in [0.4, 0.5) is 0 Å². The lowest BCUT2D eigenvalue weighted by atomic mass is 10.1. The SMILES string of the molecule is COc1cc(C(=O)O)ccc1CN1CCNC(=O)C1. The first-order valence-electron chi connectivity index (χ1n) is 5.99. The number of piperazine rings is 1. The summed E-state index contributed by atoms with van der Waals surface area (Å²) < 4.78 is 5.21. The lowest BCUT2D eigenvalue weighted by Gasteiger charge is -2.27. The molecule has 2 rings (SSSR count). The number of hydrogen-bond acceptors (Lipinski definition) is 4. The van der Waals surface area contributed by atoms with Gasteiger partial charge in [0.15, 0.2) is 0 Å². The van der Waals surface area contributed by atoms with Crippen molar-refractivity contribution in [1.29, 1.82) is 0 Å². The molecule has 1 aliphatic rings. The monoisotopic (exact) mass is 264 g/mol.